The Morgan fingerprint density at radius 3 is 1.71 bits per heavy atom. The summed E-state index contributed by atoms with van der Waals surface area (Å²) < 4.78 is 0. The van der Waals surface area contributed by atoms with Crippen LogP contribution in [0, 0.1) is 13.8 Å². The molecule has 4 aromatic carbocycles. The lowest BCUT2D eigenvalue weighted by Gasteiger charge is -2.26. The lowest BCUT2D eigenvalue weighted by Crippen LogP contribution is -2.10. The molecule has 0 heterocycles. The minimum absolute atomic E-state index is 1.01. The van der Waals surface area contributed by atoms with E-state index in [0.29, 0.717) is 0 Å². The van der Waals surface area contributed by atoms with E-state index in [9.17, 15) is 0 Å². The molecule has 4 aromatic rings. The number of benzene rings is 4. The van der Waals surface area contributed by atoms with E-state index in [4.69, 9.17) is 0 Å². The SMILES string of the molecule is Cc1ccc(N(c2ccc(C)cc2)c2ccc3c(c2)Cc2ccccc2-3)cc1. The van der Waals surface area contributed by atoms with Crippen molar-refractivity contribution in [2.75, 3.05) is 4.90 Å². The zero-order valence-electron chi connectivity index (χ0n) is 16.3. The van der Waals surface area contributed by atoms with Crippen LogP contribution in [0.15, 0.2) is 91.0 Å². The number of hydrogen-bond acceptors (Lipinski definition) is 1. The van der Waals surface area contributed by atoms with Crippen molar-refractivity contribution in [3.63, 3.8) is 0 Å². The molecule has 1 heteroatoms. The van der Waals surface area contributed by atoms with Gasteiger partial charge in [-0.05, 0) is 78.9 Å². The molecule has 5 rings (SSSR count). The second-order valence-electron chi connectivity index (χ2n) is 7.68. The third kappa shape index (κ3) is 2.90. The first-order valence-corrected chi connectivity index (χ1v) is 9.84. The minimum Gasteiger partial charge on any atom is -0.310 e. The molecule has 0 radical (unpaired) electrons. The van der Waals surface area contributed by atoms with E-state index in [-0.39, 0.29) is 0 Å². The third-order valence-corrected chi connectivity index (χ3v) is 5.62. The molecule has 1 nitrogen and oxygen atoms in total. The van der Waals surface area contributed by atoms with Crippen LogP contribution in [0.2, 0.25) is 0 Å². The summed E-state index contributed by atoms with van der Waals surface area (Å²) in [7, 11) is 0. The van der Waals surface area contributed by atoms with Crippen molar-refractivity contribution < 1.29 is 0 Å². The fraction of sp³-hybridized carbons (Fsp3) is 0.111. The Bertz CT molecular complexity index is 1090. The number of aryl methyl sites for hydroxylation is 2. The first kappa shape index (κ1) is 16.8. The van der Waals surface area contributed by atoms with Gasteiger partial charge in [-0.1, -0.05) is 65.7 Å². The highest BCUT2D eigenvalue weighted by Gasteiger charge is 2.20. The van der Waals surface area contributed by atoms with Crippen LogP contribution < -0.4 is 4.90 Å². The molecule has 0 aromatic heterocycles. The van der Waals surface area contributed by atoms with Gasteiger partial charge in [-0.3, -0.25) is 0 Å². The van der Waals surface area contributed by atoms with Crippen LogP contribution in [-0.4, -0.2) is 0 Å². The van der Waals surface area contributed by atoms with Crippen LogP contribution in [-0.2, 0) is 6.42 Å². The molecule has 0 N–H and O–H groups in total. The normalized spacial score (nSPS) is 11.8. The Hall–Kier alpha value is -3.32. The van der Waals surface area contributed by atoms with Gasteiger partial charge < -0.3 is 4.90 Å². The summed E-state index contributed by atoms with van der Waals surface area (Å²) >= 11 is 0. The summed E-state index contributed by atoms with van der Waals surface area (Å²) in [4.78, 5) is 2.35. The monoisotopic (exact) mass is 361 g/mol. The molecular weight excluding hydrogens is 338 g/mol. The molecule has 0 atom stereocenters. The van der Waals surface area contributed by atoms with Crippen LogP contribution in [0.1, 0.15) is 22.3 Å². The molecule has 1 aliphatic rings. The van der Waals surface area contributed by atoms with E-state index in [2.05, 4.69) is 110 Å². The average Bonchev–Trinajstić information content (AvgIpc) is 3.09. The maximum atomic E-state index is 2.36. The summed E-state index contributed by atoms with van der Waals surface area (Å²) in [6.45, 7) is 4.26. The predicted octanol–water partition coefficient (Wildman–Crippen LogP) is 7.34. The Balaban J connectivity index is 1.63. The van der Waals surface area contributed by atoms with Crippen molar-refractivity contribution >= 4 is 17.1 Å². The van der Waals surface area contributed by atoms with E-state index in [1.165, 1.54) is 50.4 Å². The highest BCUT2D eigenvalue weighted by atomic mass is 15.1. The Morgan fingerprint density at radius 1 is 0.536 bits per heavy atom. The average molecular weight is 361 g/mol. The van der Waals surface area contributed by atoms with Gasteiger partial charge >= 0.3 is 0 Å². The molecule has 0 aliphatic heterocycles. The highest BCUT2D eigenvalue weighted by molar-refractivity contribution is 5.83. The molecule has 0 fully saturated rings. The largest absolute Gasteiger partial charge is 0.310 e. The Kier molecular flexibility index (Phi) is 4.02. The van der Waals surface area contributed by atoms with Crippen LogP contribution in [0.5, 0.6) is 0 Å². The molecule has 0 unspecified atom stereocenters. The molecule has 28 heavy (non-hydrogen) atoms. The quantitative estimate of drug-likeness (QED) is 0.325. The second-order valence-corrected chi connectivity index (χ2v) is 7.68. The van der Waals surface area contributed by atoms with Gasteiger partial charge in [-0.25, -0.2) is 0 Å². The van der Waals surface area contributed by atoms with Crippen molar-refractivity contribution in [1.29, 1.82) is 0 Å². The van der Waals surface area contributed by atoms with E-state index < -0.39 is 0 Å². The first-order valence-electron chi connectivity index (χ1n) is 9.84. The number of nitrogens with zero attached hydrogens (tertiary/aromatic N) is 1. The zero-order valence-corrected chi connectivity index (χ0v) is 16.3. The van der Waals surface area contributed by atoms with Crippen LogP contribution >= 0.6 is 0 Å². The van der Waals surface area contributed by atoms with Gasteiger partial charge in [0.1, 0.15) is 0 Å². The van der Waals surface area contributed by atoms with Gasteiger partial charge in [-0.15, -0.1) is 0 Å². The smallest absolute Gasteiger partial charge is 0.0464 e. The van der Waals surface area contributed by atoms with Gasteiger partial charge in [0.05, 0.1) is 0 Å². The van der Waals surface area contributed by atoms with Crippen molar-refractivity contribution in [1.82, 2.24) is 0 Å². The maximum absolute atomic E-state index is 2.36. The Labute approximate surface area is 166 Å². The van der Waals surface area contributed by atoms with Gasteiger partial charge in [0.2, 0.25) is 0 Å². The lowest BCUT2D eigenvalue weighted by molar-refractivity contribution is 1.23. The van der Waals surface area contributed by atoms with Crippen LogP contribution in [0.25, 0.3) is 11.1 Å². The number of anilines is 3. The summed E-state index contributed by atoms with van der Waals surface area (Å²) in [6.07, 6.45) is 1.01. The van der Waals surface area contributed by atoms with Crippen LogP contribution in [0.4, 0.5) is 17.1 Å². The summed E-state index contributed by atoms with van der Waals surface area (Å²) in [5, 5.41) is 0. The van der Waals surface area contributed by atoms with E-state index >= 15 is 0 Å². The summed E-state index contributed by atoms with van der Waals surface area (Å²) in [6, 6.07) is 33.2. The topological polar surface area (TPSA) is 3.24 Å². The molecule has 1 aliphatic carbocycles. The molecular formula is C27H23N. The van der Waals surface area contributed by atoms with E-state index in [1.807, 2.05) is 0 Å². The third-order valence-electron chi connectivity index (χ3n) is 5.62. The number of fused-ring (bicyclic) bond motifs is 3. The Morgan fingerprint density at radius 2 is 1.07 bits per heavy atom. The van der Waals surface area contributed by atoms with Gasteiger partial charge in [0.25, 0.3) is 0 Å². The number of rotatable bonds is 3. The molecule has 0 bridgehead atoms. The fourth-order valence-electron chi connectivity index (χ4n) is 4.11. The zero-order chi connectivity index (χ0) is 19.1. The first-order chi connectivity index (χ1) is 13.7. The van der Waals surface area contributed by atoms with E-state index in [1.54, 1.807) is 0 Å². The minimum atomic E-state index is 1.01. The molecule has 0 saturated heterocycles. The predicted molar refractivity (Wildman–Crippen MR) is 119 cm³/mol. The second kappa shape index (κ2) is 6.69. The molecule has 0 saturated carbocycles. The summed E-state index contributed by atoms with van der Waals surface area (Å²) in [5.74, 6) is 0. The van der Waals surface area contributed by atoms with Gasteiger partial charge in [-0.2, -0.15) is 0 Å². The highest BCUT2D eigenvalue weighted by Crippen LogP contribution is 2.41. The van der Waals surface area contributed by atoms with Crippen molar-refractivity contribution in [2.45, 2.75) is 20.3 Å². The lowest BCUT2D eigenvalue weighted by atomic mass is 10.0. The van der Waals surface area contributed by atoms with Crippen molar-refractivity contribution in [2.24, 2.45) is 0 Å². The van der Waals surface area contributed by atoms with Crippen molar-refractivity contribution in [3.05, 3.63) is 113 Å². The van der Waals surface area contributed by atoms with Crippen LogP contribution in [0.3, 0.4) is 0 Å². The molecule has 0 amide bonds. The van der Waals surface area contributed by atoms with Crippen molar-refractivity contribution in [3.8, 4) is 11.1 Å². The number of hydrogen-bond donors (Lipinski definition) is 0. The summed E-state index contributed by atoms with van der Waals surface area (Å²) in [5.41, 5.74) is 11.7. The molecule has 136 valence electrons. The van der Waals surface area contributed by atoms with Gasteiger partial charge in [0, 0.05) is 17.1 Å². The molecule has 0 spiro atoms. The maximum Gasteiger partial charge on any atom is 0.0464 e. The van der Waals surface area contributed by atoms with Gasteiger partial charge in [0.15, 0.2) is 0 Å². The standard InChI is InChI=1S/C27H23N/c1-19-7-11-23(12-8-19)28(24-13-9-20(2)10-14-24)25-15-16-27-22(18-25)17-21-5-3-4-6-26(21)27/h3-16,18H,17H2,1-2H3. The van der Waals surface area contributed by atoms with E-state index in [0.717, 1.165) is 6.42 Å². The fourth-order valence-corrected chi connectivity index (χ4v) is 4.11.